The van der Waals surface area contributed by atoms with Gasteiger partial charge in [0.25, 0.3) is 0 Å². The minimum atomic E-state index is -0.0689. The summed E-state index contributed by atoms with van der Waals surface area (Å²) in [5, 5.41) is 2.78. The molecule has 0 saturated heterocycles. The van der Waals surface area contributed by atoms with Crippen molar-refractivity contribution in [2.45, 2.75) is 13.0 Å². The molecule has 82 valence electrons. The second-order valence-electron chi connectivity index (χ2n) is 3.35. The number of hydrogen-bond donors (Lipinski definition) is 1. The number of aromatic nitrogens is 1. The van der Waals surface area contributed by atoms with E-state index in [9.17, 15) is 4.79 Å². The zero-order valence-corrected chi connectivity index (χ0v) is 8.72. The van der Waals surface area contributed by atoms with Crippen LogP contribution in [-0.2, 0) is 17.8 Å². The van der Waals surface area contributed by atoms with Crippen LogP contribution in [0.15, 0.2) is 47.2 Å². The quantitative estimate of drug-likeness (QED) is 0.843. The fraction of sp³-hybridized carbons (Fsp3) is 0.167. The van der Waals surface area contributed by atoms with Crippen LogP contribution >= 0.6 is 0 Å². The summed E-state index contributed by atoms with van der Waals surface area (Å²) in [6.45, 7) is 0.445. The highest BCUT2D eigenvalue weighted by Crippen LogP contribution is 2.00. The molecule has 2 aromatic heterocycles. The number of furan rings is 1. The molecule has 0 radical (unpaired) electrons. The molecule has 2 rings (SSSR count). The Kier molecular flexibility index (Phi) is 3.33. The zero-order chi connectivity index (χ0) is 11.2. The van der Waals surface area contributed by atoms with Crippen molar-refractivity contribution in [3.63, 3.8) is 0 Å². The summed E-state index contributed by atoms with van der Waals surface area (Å²) in [6.07, 6.45) is 3.52. The van der Waals surface area contributed by atoms with Gasteiger partial charge in [0.2, 0.25) is 5.91 Å². The summed E-state index contributed by atoms with van der Waals surface area (Å²) in [6, 6.07) is 9.14. The van der Waals surface area contributed by atoms with E-state index < -0.39 is 0 Å². The fourth-order valence-electron chi connectivity index (χ4n) is 1.33. The van der Waals surface area contributed by atoms with Crippen LogP contribution in [0.3, 0.4) is 0 Å². The van der Waals surface area contributed by atoms with Gasteiger partial charge < -0.3 is 9.73 Å². The van der Waals surface area contributed by atoms with E-state index in [-0.39, 0.29) is 12.3 Å². The Hall–Kier alpha value is -2.10. The van der Waals surface area contributed by atoms with Crippen LogP contribution in [0.5, 0.6) is 0 Å². The van der Waals surface area contributed by atoms with Crippen molar-refractivity contribution in [2.24, 2.45) is 0 Å². The molecule has 0 bridgehead atoms. The zero-order valence-electron chi connectivity index (χ0n) is 8.72. The van der Waals surface area contributed by atoms with Crippen molar-refractivity contribution in [1.82, 2.24) is 10.3 Å². The van der Waals surface area contributed by atoms with Crippen LogP contribution in [0, 0.1) is 0 Å². The molecule has 2 aromatic rings. The van der Waals surface area contributed by atoms with Crippen LogP contribution in [0.25, 0.3) is 0 Å². The lowest BCUT2D eigenvalue weighted by Crippen LogP contribution is -2.24. The Balaban J connectivity index is 1.80. The molecule has 0 fully saturated rings. The van der Waals surface area contributed by atoms with E-state index in [0.717, 1.165) is 5.69 Å². The van der Waals surface area contributed by atoms with E-state index in [2.05, 4.69) is 10.3 Å². The lowest BCUT2D eigenvalue weighted by Gasteiger charge is -2.02. The summed E-state index contributed by atoms with van der Waals surface area (Å²) < 4.78 is 5.08. The molecule has 16 heavy (non-hydrogen) atoms. The Labute approximate surface area is 93.3 Å². The first-order valence-corrected chi connectivity index (χ1v) is 5.03. The molecule has 4 heteroatoms. The van der Waals surface area contributed by atoms with Gasteiger partial charge in [-0.1, -0.05) is 6.07 Å². The topological polar surface area (TPSA) is 55.1 Å². The molecule has 0 aliphatic heterocycles. The summed E-state index contributed by atoms with van der Waals surface area (Å²) >= 11 is 0. The maximum atomic E-state index is 11.5. The van der Waals surface area contributed by atoms with Gasteiger partial charge in [0.1, 0.15) is 5.76 Å². The van der Waals surface area contributed by atoms with E-state index >= 15 is 0 Å². The highest BCUT2D eigenvalue weighted by atomic mass is 16.3. The van der Waals surface area contributed by atoms with Gasteiger partial charge in [-0.05, 0) is 24.3 Å². The summed E-state index contributed by atoms with van der Waals surface area (Å²) in [5.41, 5.74) is 0.843. The van der Waals surface area contributed by atoms with Crippen LogP contribution in [0.4, 0.5) is 0 Å². The largest absolute Gasteiger partial charge is 0.469 e. The van der Waals surface area contributed by atoms with Gasteiger partial charge in [0, 0.05) is 6.20 Å². The highest BCUT2D eigenvalue weighted by molar-refractivity contribution is 5.77. The van der Waals surface area contributed by atoms with Gasteiger partial charge in [0.15, 0.2) is 0 Å². The molecule has 0 saturated carbocycles. The van der Waals surface area contributed by atoms with Crippen molar-refractivity contribution in [2.75, 3.05) is 0 Å². The van der Waals surface area contributed by atoms with Gasteiger partial charge >= 0.3 is 0 Å². The Morgan fingerprint density at radius 1 is 1.31 bits per heavy atom. The first-order chi connectivity index (χ1) is 7.84. The van der Waals surface area contributed by atoms with Crippen LogP contribution in [0.1, 0.15) is 11.5 Å². The minimum Gasteiger partial charge on any atom is -0.469 e. The standard InChI is InChI=1S/C12H12N2O2/c15-12(8-11-5-3-7-16-11)14-9-10-4-1-2-6-13-10/h1-7H,8-9H2,(H,14,15). The monoisotopic (exact) mass is 216 g/mol. The Bertz CT molecular complexity index is 437. The first-order valence-electron chi connectivity index (χ1n) is 5.03. The van der Waals surface area contributed by atoms with Crippen molar-refractivity contribution in [3.05, 3.63) is 54.2 Å². The molecule has 0 aliphatic carbocycles. The number of nitrogens with zero attached hydrogens (tertiary/aromatic N) is 1. The molecular formula is C12H12N2O2. The summed E-state index contributed by atoms with van der Waals surface area (Å²) in [7, 11) is 0. The average molecular weight is 216 g/mol. The van der Waals surface area contributed by atoms with Gasteiger partial charge in [-0.2, -0.15) is 0 Å². The van der Waals surface area contributed by atoms with Gasteiger partial charge in [-0.15, -0.1) is 0 Å². The molecule has 0 aliphatic rings. The molecule has 0 unspecified atom stereocenters. The lowest BCUT2D eigenvalue weighted by atomic mass is 10.3. The van der Waals surface area contributed by atoms with Crippen molar-refractivity contribution in [1.29, 1.82) is 0 Å². The summed E-state index contributed by atoms with van der Waals surface area (Å²) in [5.74, 6) is 0.596. The van der Waals surface area contributed by atoms with Gasteiger partial charge in [-0.3, -0.25) is 9.78 Å². The van der Waals surface area contributed by atoms with E-state index in [4.69, 9.17) is 4.42 Å². The van der Waals surface area contributed by atoms with Gasteiger partial charge in [0.05, 0.1) is 24.9 Å². The number of nitrogens with one attached hydrogen (secondary N) is 1. The number of carbonyl (C=O) groups excluding carboxylic acids is 1. The SMILES string of the molecule is O=C(Cc1ccco1)NCc1ccccn1. The molecule has 0 spiro atoms. The van der Waals surface area contributed by atoms with E-state index in [0.29, 0.717) is 12.3 Å². The third kappa shape index (κ3) is 2.95. The molecular weight excluding hydrogens is 204 g/mol. The number of hydrogen-bond acceptors (Lipinski definition) is 3. The summed E-state index contributed by atoms with van der Waals surface area (Å²) in [4.78, 5) is 15.6. The lowest BCUT2D eigenvalue weighted by molar-refractivity contribution is -0.120. The molecule has 4 nitrogen and oxygen atoms in total. The number of pyridine rings is 1. The fourth-order valence-corrected chi connectivity index (χ4v) is 1.33. The molecule has 0 atom stereocenters. The smallest absolute Gasteiger partial charge is 0.227 e. The predicted octanol–water partition coefficient (Wildman–Crippen LogP) is 1.53. The molecule has 2 heterocycles. The normalized spacial score (nSPS) is 10.0. The molecule has 1 amide bonds. The van der Waals surface area contributed by atoms with Crippen molar-refractivity contribution < 1.29 is 9.21 Å². The van der Waals surface area contributed by atoms with Gasteiger partial charge in [-0.25, -0.2) is 0 Å². The third-order valence-corrected chi connectivity index (χ3v) is 2.11. The second-order valence-corrected chi connectivity index (χ2v) is 3.35. The predicted molar refractivity (Wildman–Crippen MR) is 58.5 cm³/mol. The van der Waals surface area contributed by atoms with Crippen LogP contribution < -0.4 is 5.32 Å². The van der Waals surface area contributed by atoms with Crippen LogP contribution in [-0.4, -0.2) is 10.9 Å². The Morgan fingerprint density at radius 2 is 2.25 bits per heavy atom. The Morgan fingerprint density at radius 3 is 2.94 bits per heavy atom. The molecule has 0 aromatic carbocycles. The van der Waals surface area contributed by atoms with Crippen molar-refractivity contribution >= 4 is 5.91 Å². The number of carbonyl (C=O) groups is 1. The highest BCUT2D eigenvalue weighted by Gasteiger charge is 2.05. The van der Waals surface area contributed by atoms with Crippen LogP contribution in [0.2, 0.25) is 0 Å². The van der Waals surface area contributed by atoms with Crippen molar-refractivity contribution in [3.8, 4) is 0 Å². The maximum Gasteiger partial charge on any atom is 0.227 e. The van der Waals surface area contributed by atoms with E-state index in [1.54, 1.807) is 24.6 Å². The minimum absolute atomic E-state index is 0.0689. The number of rotatable bonds is 4. The van der Waals surface area contributed by atoms with E-state index in [1.807, 2.05) is 18.2 Å². The second kappa shape index (κ2) is 5.11. The first kappa shape index (κ1) is 10.4. The molecule has 1 N–H and O–H groups in total. The van der Waals surface area contributed by atoms with E-state index in [1.165, 1.54) is 0 Å². The number of amides is 1. The average Bonchev–Trinajstić information content (AvgIpc) is 2.81. The maximum absolute atomic E-state index is 11.5. The third-order valence-electron chi connectivity index (χ3n) is 2.11.